The summed E-state index contributed by atoms with van der Waals surface area (Å²) in [6.45, 7) is 3.68. The van der Waals surface area contributed by atoms with Crippen molar-refractivity contribution in [3.63, 3.8) is 0 Å². The monoisotopic (exact) mass is 305 g/mol. The van der Waals surface area contributed by atoms with Gasteiger partial charge in [0.25, 0.3) is 0 Å². The highest BCUT2D eigenvalue weighted by molar-refractivity contribution is 7.92. The van der Waals surface area contributed by atoms with Crippen molar-refractivity contribution in [3.8, 4) is 6.07 Å². The summed E-state index contributed by atoms with van der Waals surface area (Å²) in [5.74, 6) is -0.0255. The molecule has 4 heteroatoms. The standard InChI is InChI=1S/C17H23NO2S/c1-13-9-10-14(2)16(11-13)21(19,20)17(12-18)15-7-5-3-4-6-8-15/h9-11,15,17H,3-8H2,1-2H3. The number of nitriles is 1. The Morgan fingerprint density at radius 3 is 2.33 bits per heavy atom. The molecule has 21 heavy (non-hydrogen) atoms. The average Bonchev–Trinajstić information content (AvgIpc) is 2.71. The molecule has 0 N–H and O–H groups in total. The third kappa shape index (κ3) is 3.47. The van der Waals surface area contributed by atoms with E-state index in [1.54, 1.807) is 13.0 Å². The second-order valence-electron chi connectivity index (χ2n) is 6.12. The summed E-state index contributed by atoms with van der Waals surface area (Å²) in [6.07, 6.45) is 6.07. The van der Waals surface area contributed by atoms with E-state index in [0.29, 0.717) is 4.90 Å². The average molecular weight is 305 g/mol. The number of benzene rings is 1. The molecule has 0 radical (unpaired) electrons. The van der Waals surface area contributed by atoms with Crippen molar-refractivity contribution >= 4 is 9.84 Å². The summed E-state index contributed by atoms with van der Waals surface area (Å²) in [5.41, 5.74) is 1.64. The van der Waals surface area contributed by atoms with Crippen LogP contribution in [0.25, 0.3) is 0 Å². The first-order chi connectivity index (χ1) is 9.96. The Bertz CT molecular complexity index is 635. The second kappa shape index (κ2) is 6.62. The summed E-state index contributed by atoms with van der Waals surface area (Å²) in [6, 6.07) is 7.52. The third-order valence-corrected chi connectivity index (χ3v) is 6.65. The molecular weight excluding hydrogens is 282 g/mol. The molecule has 0 spiro atoms. The van der Waals surface area contributed by atoms with Gasteiger partial charge >= 0.3 is 0 Å². The number of hydrogen-bond donors (Lipinski definition) is 0. The lowest BCUT2D eigenvalue weighted by Crippen LogP contribution is -2.29. The van der Waals surface area contributed by atoms with Gasteiger partial charge in [0.05, 0.1) is 11.0 Å². The van der Waals surface area contributed by atoms with Gasteiger partial charge < -0.3 is 0 Å². The minimum absolute atomic E-state index is 0.0255. The SMILES string of the molecule is Cc1ccc(C)c(S(=O)(=O)C(C#N)C2CCCCCC2)c1. The number of hydrogen-bond acceptors (Lipinski definition) is 3. The molecule has 1 fully saturated rings. The molecule has 0 amide bonds. The Balaban J connectivity index is 2.40. The highest BCUT2D eigenvalue weighted by atomic mass is 32.2. The van der Waals surface area contributed by atoms with E-state index in [0.717, 1.165) is 49.7 Å². The van der Waals surface area contributed by atoms with Crippen LogP contribution in [0.4, 0.5) is 0 Å². The van der Waals surface area contributed by atoms with Crippen molar-refractivity contribution in [2.24, 2.45) is 5.92 Å². The molecular formula is C17H23NO2S. The predicted molar refractivity (Wildman–Crippen MR) is 83.7 cm³/mol. The fourth-order valence-corrected chi connectivity index (χ4v) is 5.25. The molecule has 2 rings (SSSR count). The van der Waals surface area contributed by atoms with Gasteiger partial charge in [-0.25, -0.2) is 8.42 Å². The maximum Gasteiger partial charge on any atom is 0.195 e. The van der Waals surface area contributed by atoms with Gasteiger partial charge in [0.15, 0.2) is 15.1 Å². The molecule has 1 unspecified atom stereocenters. The normalized spacial score (nSPS) is 18.7. The van der Waals surface area contributed by atoms with E-state index >= 15 is 0 Å². The summed E-state index contributed by atoms with van der Waals surface area (Å²) in [4.78, 5) is 0.332. The van der Waals surface area contributed by atoms with E-state index in [2.05, 4.69) is 6.07 Å². The molecule has 3 nitrogen and oxygen atoms in total. The lowest BCUT2D eigenvalue weighted by molar-refractivity contribution is 0.459. The largest absolute Gasteiger partial charge is 0.222 e. The number of nitrogens with zero attached hydrogens (tertiary/aromatic N) is 1. The first-order valence-electron chi connectivity index (χ1n) is 7.67. The molecule has 0 aliphatic heterocycles. The maximum absolute atomic E-state index is 12.9. The summed E-state index contributed by atoms with van der Waals surface area (Å²) < 4.78 is 25.9. The zero-order valence-corrected chi connectivity index (χ0v) is 13.6. The van der Waals surface area contributed by atoms with Crippen molar-refractivity contribution in [1.82, 2.24) is 0 Å². The van der Waals surface area contributed by atoms with E-state index in [4.69, 9.17) is 0 Å². The molecule has 1 aliphatic carbocycles. The quantitative estimate of drug-likeness (QED) is 0.795. The Labute approximate surface area is 127 Å². The number of aryl methyl sites for hydroxylation is 2. The molecule has 1 saturated carbocycles. The first-order valence-corrected chi connectivity index (χ1v) is 9.22. The van der Waals surface area contributed by atoms with Crippen LogP contribution in [0, 0.1) is 31.1 Å². The first kappa shape index (κ1) is 16.0. The molecule has 0 saturated heterocycles. The van der Waals surface area contributed by atoms with Crippen molar-refractivity contribution in [2.75, 3.05) is 0 Å². The van der Waals surface area contributed by atoms with Gasteiger partial charge in [-0.05, 0) is 49.8 Å². The molecule has 1 atom stereocenters. The summed E-state index contributed by atoms with van der Waals surface area (Å²) >= 11 is 0. The molecule has 1 aromatic carbocycles. The second-order valence-corrected chi connectivity index (χ2v) is 8.15. The van der Waals surface area contributed by atoms with E-state index < -0.39 is 15.1 Å². The van der Waals surface area contributed by atoms with Crippen molar-refractivity contribution in [2.45, 2.75) is 62.5 Å². The highest BCUT2D eigenvalue weighted by Crippen LogP contribution is 2.32. The van der Waals surface area contributed by atoms with Gasteiger partial charge in [-0.3, -0.25) is 0 Å². The fraction of sp³-hybridized carbons (Fsp3) is 0.588. The van der Waals surface area contributed by atoms with Crippen LogP contribution in [0.1, 0.15) is 49.7 Å². The van der Waals surface area contributed by atoms with Gasteiger partial charge in [0.1, 0.15) is 0 Å². The number of rotatable bonds is 3. The minimum atomic E-state index is -3.58. The highest BCUT2D eigenvalue weighted by Gasteiger charge is 2.35. The van der Waals surface area contributed by atoms with Gasteiger partial charge in [-0.1, -0.05) is 37.8 Å². The Morgan fingerprint density at radius 2 is 1.76 bits per heavy atom. The van der Waals surface area contributed by atoms with Crippen LogP contribution in [0.5, 0.6) is 0 Å². The summed E-state index contributed by atoms with van der Waals surface area (Å²) in [7, 11) is -3.58. The molecule has 1 aromatic rings. The van der Waals surface area contributed by atoms with E-state index in [-0.39, 0.29) is 5.92 Å². The van der Waals surface area contributed by atoms with Crippen LogP contribution < -0.4 is 0 Å². The van der Waals surface area contributed by atoms with E-state index in [1.807, 2.05) is 19.1 Å². The van der Waals surface area contributed by atoms with Crippen LogP contribution in [0.2, 0.25) is 0 Å². The van der Waals surface area contributed by atoms with Crippen molar-refractivity contribution in [3.05, 3.63) is 29.3 Å². The topological polar surface area (TPSA) is 57.9 Å². The van der Waals surface area contributed by atoms with Crippen LogP contribution in [0.15, 0.2) is 23.1 Å². The van der Waals surface area contributed by atoms with Gasteiger partial charge in [-0.2, -0.15) is 5.26 Å². The number of sulfone groups is 1. The third-order valence-electron chi connectivity index (χ3n) is 4.44. The van der Waals surface area contributed by atoms with Gasteiger partial charge in [0, 0.05) is 0 Å². The molecule has 0 heterocycles. The smallest absolute Gasteiger partial charge is 0.195 e. The van der Waals surface area contributed by atoms with Crippen LogP contribution in [-0.4, -0.2) is 13.7 Å². The van der Waals surface area contributed by atoms with Crippen LogP contribution in [0.3, 0.4) is 0 Å². The minimum Gasteiger partial charge on any atom is -0.222 e. The lowest BCUT2D eigenvalue weighted by Gasteiger charge is -2.21. The Hall–Kier alpha value is -1.34. The predicted octanol–water partition coefficient (Wildman–Crippen LogP) is 3.94. The van der Waals surface area contributed by atoms with E-state index in [9.17, 15) is 13.7 Å². The van der Waals surface area contributed by atoms with Gasteiger partial charge in [-0.15, -0.1) is 0 Å². The van der Waals surface area contributed by atoms with E-state index in [1.165, 1.54) is 0 Å². The zero-order valence-electron chi connectivity index (χ0n) is 12.8. The molecule has 0 aromatic heterocycles. The lowest BCUT2D eigenvalue weighted by atomic mass is 9.97. The van der Waals surface area contributed by atoms with Gasteiger partial charge in [0.2, 0.25) is 0 Å². The molecule has 1 aliphatic rings. The Morgan fingerprint density at radius 1 is 1.14 bits per heavy atom. The Kier molecular flexibility index (Phi) is 5.05. The molecule has 114 valence electrons. The van der Waals surface area contributed by atoms with Crippen LogP contribution >= 0.6 is 0 Å². The van der Waals surface area contributed by atoms with Crippen molar-refractivity contribution in [1.29, 1.82) is 5.26 Å². The van der Waals surface area contributed by atoms with Crippen molar-refractivity contribution < 1.29 is 8.42 Å². The van der Waals surface area contributed by atoms with Crippen LogP contribution in [-0.2, 0) is 9.84 Å². The fourth-order valence-electron chi connectivity index (χ4n) is 3.19. The molecule has 0 bridgehead atoms. The summed E-state index contributed by atoms with van der Waals surface area (Å²) in [5, 5.41) is 8.59. The zero-order chi connectivity index (χ0) is 15.5. The maximum atomic E-state index is 12.9.